The average molecular weight is 270 g/mol. The quantitative estimate of drug-likeness (QED) is 0.852. The number of likely N-dealkylation sites (tertiary alicyclic amines) is 1. The van der Waals surface area contributed by atoms with E-state index in [1.807, 2.05) is 13.0 Å². The summed E-state index contributed by atoms with van der Waals surface area (Å²) in [6.07, 6.45) is 2.66. The Labute approximate surface area is 120 Å². The number of aryl methyl sites for hydroxylation is 2. The molecule has 0 atom stereocenters. The predicted octanol–water partition coefficient (Wildman–Crippen LogP) is 3.33. The molecule has 1 aliphatic rings. The van der Waals surface area contributed by atoms with Gasteiger partial charge in [0, 0.05) is 23.7 Å². The van der Waals surface area contributed by atoms with E-state index in [0.29, 0.717) is 0 Å². The fourth-order valence-electron chi connectivity index (χ4n) is 2.89. The highest BCUT2D eigenvalue weighted by Crippen LogP contribution is 2.27. The summed E-state index contributed by atoms with van der Waals surface area (Å²) in [6.45, 7) is 8.35. The van der Waals surface area contributed by atoms with Crippen LogP contribution in [-0.4, -0.2) is 36.1 Å². The van der Waals surface area contributed by atoms with Crippen molar-refractivity contribution in [1.29, 1.82) is 0 Å². The molecule has 0 unspecified atom stereocenters. The van der Waals surface area contributed by atoms with Gasteiger partial charge in [0.1, 0.15) is 12.4 Å². The molecule has 3 rings (SSSR count). The van der Waals surface area contributed by atoms with Gasteiger partial charge in [0.2, 0.25) is 0 Å². The van der Waals surface area contributed by atoms with Crippen molar-refractivity contribution in [2.75, 3.05) is 26.2 Å². The van der Waals surface area contributed by atoms with Gasteiger partial charge in [0.15, 0.2) is 0 Å². The molecule has 1 aromatic carbocycles. The van der Waals surface area contributed by atoms with Gasteiger partial charge < -0.3 is 4.74 Å². The summed E-state index contributed by atoms with van der Waals surface area (Å²) in [7, 11) is 0. The van der Waals surface area contributed by atoms with Crippen molar-refractivity contribution in [2.24, 2.45) is 0 Å². The lowest BCUT2D eigenvalue weighted by Crippen LogP contribution is -2.25. The SMILES string of the molecule is Cc1cc(OCCN2CCCC2)c2cccc(C)c2n1. The Morgan fingerprint density at radius 3 is 2.80 bits per heavy atom. The molecule has 0 N–H and O–H groups in total. The molecule has 0 amide bonds. The third-order valence-corrected chi connectivity index (χ3v) is 4.00. The van der Waals surface area contributed by atoms with Crippen LogP contribution in [0.1, 0.15) is 24.1 Å². The van der Waals surface area contributed by atoms with Crippen LogP contribution in [0.5, 0.6) is 5.75 Å². The molecule has 2 aromatic rings. The second-order valence-electron chi connectivity index (χ2n) is 5.63. The van der Waals surface area contributed by atoms with Gasteiger partial charge in [-0.05, 0) is 51.4 Å². The molecule has 0 radical (unpaired) electrons. The van der Waals surface area contributed by atoms with Crippen molar-refractivity contribution < 1.29 is 4.74 Å². The third-order valence-electron chi connectivity index (χ3n) is 4.00. The number of aromatic nitrogens is 1. The molecule has 106 valence electrons. The van der Waals surface area contributed by atoms with Gasteiger partial charge in [0.25, 0.3) is 0 Å². The minimum atomic E-state index is 0.756. The molecular formula is C17H22N2O. The van der Waals surface area contributed by atoms with Crippen LogP contribution < -0.4 is 4.74 Å². The van der Waals surface area contributed by atoms with E-state index in [9.17, 15) is 0 Å². The molecule has 1 fully saturated rings. The number of fused-ring (bicyclic) bond motifs is 1. The van der Waals surface area contributed by atoms with Gasteiger partial charge in [-0.3, -0.25) is 9.88 Å². The molecule has 1 aliphatic heterocycles. The Bertz CT molecular complexity index is 603. The lowest BCUT2D eigenvalue weighted by molar-refractivity contribution is 0.239. The van der Waals surface area contributed by atoms with E-state index in [2.05, 4.69) is 35.0 Å². The monoisotopic (exact) mass is 270 g/mol. The summed E-state index contributed by atoms with van der Waals surface area (Å²) in [4.78, 5) is 7.10. The van der Waals surface area contributed by atoms with Gasteiger partial charge >= 0.3 is 0 Å². The number of hydrogen-bond acceptors (Lipinski definition) is 3. The van der Waals surface area contributed by atoms with Crippen LogP contribution in [0.3, 0.4) is 0 Å². The molecule has 0 bridgehead atoms. The van der Waals surface area contributed by atoms with Crippen molar-refractivity contribution in [2.45, 2.75) is 26.7 Å². The maximum Gasteiger partial charge on any atom is 0.130 e. The van der Waals surface area contributed by atoms with E-state index < -0.39 is 0 Å². The van der Waals surface area contributed by atoms with Crippen molar-refractivity contribution >= 4 is 10.9 Å². The zero-order valence-corrected chi connectivity index (χ0v) is 12.4. The summed E-state index contributed by atoms with van der Waals surface area (Å²) in [5, 5.41) is 1.12. The molecule has 0 aliphatic carbocycles. The van der Waals surface area contributed by atoms with E-state index in [1.54, 1.807) is 0 Å². The number of benzene rings is 1. The largest absolute Gasteiger partial charge is 0.491 e. The first-order valence-corrected chi connectivity index (χ1v) is 7.46. The highest BCUT2D eigenvalue weighted by atomic mass is 16.5. The molecule has 0 spiro atoms. The lowest BCUT2D eigenvalue weighted by atomic mass is 10.1. The Kier molecular flexibility index (Phi) is 3.88. The first kappa shape index (κ1) is 13.4. The van der Waals surface area contributed by atoms with Crippen LogP contribution in [0, 0.1) is 13.8 Å². The first-order chi connectivity index (χ1) is 9.74. The molecule has 1 saturated heterocycles. The predicted molar refractivity (Wildman–Crippen MR) is 82.4 cm³/mol. The van der Waals surface area contributed by atoms with Gasteiger partial charge in [-0.1, -0.05) is 12.1 Å². The number of rotatable bonds is 4. The smallest absolute Gasteiger partial charge is 0.130 e. The molecule has 1 aromatic heterocycles. The van der Waals surface area contributed by atoms with Crippen molar-refractivity contribution in [3.63, 3.8) is 0 Å². The van der Waals surface area contributed by atoms with Crippen LogP contribution in [0.15, 0.2) is 24.3 Å². The highest BCUT2D eigenvalue weighted by molar-refractivity contribution is 5.87. The number of ether oxygens (including phenoxy) is 1. The molecule has 20 heavy (non-hydrogen) atoms. The highest BCUT2D eigenvalue weighted by Gasteiger charge is 2.12. The maximum absolute atomic E-state index is 6.04. The molecule has 3 heteroatoms. The van der Waals surface area contributed by atoms with E-state index in [0.717, 1.165) is 35.5 Å². The number of nitrogens with zero attached hydrogens (tertiary/aromatic N) is 2. The molecular weight excluding hydrogens is 248 g/mol. The van der Waals surface area contributed by atoms with Crippen molar-refractivity contribution in [3.8, 4) is 5.75 Å². The van der Waals surface area contributed by atoms with E-state index in [-0.39, 0.29) is 0 Å². The molecule has 2 heterocycles. The summed E-state index contributed by atoms with van der Waals surface area (Å²) in [5.41, 5.74) is 3.28. The van der Waals surface area contributed by atoms with Crippen LogP contribution in [0.4, 0.5) is 0 Å². The van der Waals surface area contributed by atoms with E-state index in [4.69, 9.17) is 4.74 Å². The van der Waals surface area contributed by atoms with Gasteiger partial charge in [-0.2, -0.15) is 0 Å². The van der Waals surface area contributed by atoms with Gasteiger partial charge in [-0.25, -0.2) is 0 Å². The Balaban J connectivity index is 1.78. The Morgan fingerprint density at radius 2 is 2.00 bits per heavy atom. The van der Waals surface area contributed by atoms with E-state index in [1.165, 1.54) is 31.5 Å². The fourth-order valence-corrected chi connectivity index (χ4v) is 2.89. The van der Waals surface area contributed by atoms with Crippen molar-refractivity contribution in [1.82, 2.24) is 9.88 Å². The topological polar surface area (TPSA) is 25.4 Å². The summed E-state index contributed by atoms with van der Waals surface area (Å²) >= 11 is 0. The minimum Gasteiger partial charge on any atom is -0.491 e. The summed E-state index contributed by atoms with van der Waals surface area (Å²) in [5.74, 6) is 0.968. The zero-order valence-electron chi connectivity index (χ0n) is 12.4. The Morgan fingerprint density at radius 1 is 1.20 bits per heavy atom. The van der Waals surface area contributed by atoms with Crippen molar-refractivity contribution in [3.05, 3.63) is 35.5 Å². The molecule has 0 saturated carbocycles. The molecule has 3 nitrogen and oxygen atoms in total. The number of pyridine rings is 1. The standard InChI is InChI=1S/C17H22N2O/c1-13-6-5-7-15-16(12-14(2)18-17(13)15)20-11-10-19-8-3-4-9-19/h5-7,12H,3-4,8-11H2,1-2H3. The van der Waals surface area contributed by atoms with Crippen LogP contribution >= 0.6 is 0 Å². The minimum absolute atomic E-state index is 0.756. The normalized spacial score (nSPS) is 15.9. The third kappa shape index (κ3) is 2.78. The average Bonchev–Trinajstić information content (AvgIpc) is 2.93. The fraction of sp³-hybridized carbons (Fsp3) is 0.471. The second-order valence-corrected chi connectivity index (χ2v) is 5.63. The maximum atomic E-state index is 6.04. The summed E-state index contributed by atoms with van der Waals surface area (Å²) in [6, 6.07) is 8.32. The Hall–Kier alpha value is -1.61. The van der Waals surface area contributed by atoms with Crippen LogP contribution in [0.25, 0.3) is 10.9 Å². The lowest BCUT2D eigenvalue weighted by Gasteiger charge is -2.16. The second kappa shape index (κ2) is 5.80. The van der Waals surface area contributed by atoms with Gasteiger partial charge in [0.05, 0.1) is 5.52 Å². The first-order valence-electron chi connectivity index (χ1n) is 7.46. The van der Waals surface area contributed by atoms with Crippen LogP contribution in [-0.2, 0) is 0 Å². The van der Waals surface area contributed by atoms with Crippen LogP contribution in [0.2, 0.25) is 0 Å². The number of hydrogen-bond donors (Lipinski definition) is 0. The zero-order chi connectivity index (χ0) is 13.9. The number of para-hydroxylation sites is 1. The summed E-state index contributed by atoms with van der Waals surface area (Å²) < 4.78 is 6.04. The van der Waals surface area contributed by atoms with Gasteiger partial charge in [-0.15, -0.1) is 0 Å². The van der Waals surface area contributed by atoms with E-state index >= 15 is 0 Å².